The van der Waals surface area contributed by atoms with Gasteiger partial charge in [-0.2, -0.15) is 0 Å². The number of nitrogens with one attached hydrogen (secondary N) is 1. The maximum atomic E-state index is 12.7. The number of furan rings is 1. The van der Waals surface area contributed by atoms with Crippen molar-refractivity contribution in [2.24, 2.45) is 0 Å². The molecule has 4 rings (SSSR count). The molecule has 3 aromatic heterocycles. The quantitative estimate of drug-likeness (QED) is 0.608. The van der Waals surface area contributed by atoms with Gasteiger partial charge in [0.25, 0.3) is 5.91 Å². The summed E-state index contributed by atoms with van der Waals surface area (Å²) in [7, 11) is 0. The Morgan fingerprint density at radius 1 is 1.20 bits per heavy atom. The SMILES string of the molecule is Cc1cc(NC(=O)c2cc3occc3n2Cc2ccccc2C)no1. The first kappa shape index (κ1) is 15.3. The average Bonchev–Trinajstić information content (AvgIpc) is 3.27. The predicted molar refractivity (Wildman–Crippen MR) is 93.7 cm³/mol. The van der Waals surface area contributed by atoms with E-state index in [-0.39, 0.29) is 5.91 Å². The Morgan fingerprint density at radius 3 is 2.80 bits per heavy atom. The zero-order chi connectivity index (χ0) is 17.4. The van der Waals surface area contributed by atoms with Crippen LogP contribution >= 0.6 is 0 Å². The van der Waals surface area contributed by atoms with E-state index in [0.29, 0.717) is 29.4 Å². The van der Waals surface area contributed by atoms with Gasteiger partial charge in [0.05, 0.1) is 11.8 Å². The van der Waals surface area contributed by atoms with Gasteiger partial charge >= 0.3 is 0 Å². The van der Waals surface area contributed by atoms with E-state index in [1.165, 1.54) is 5.56 Å². The fourth-order valence-electron chi connectivity index (χ4n) is 2.90. The third kappa shape index (κ3) is 2.82. The minimum atomic E-state index is -0.256. The number of anilines is 1. The summed E-state index contributed by atoms with van der Waals surface area (Å²) in [5.74, 6) is 0.774. The molecule has 3 heterocycles. The monoisotopic (exact) mass is 335 g/mol. The maximum Gasteiger partial charge on any atom is 0.273 e. The average molecular weight is 335 g/mol. The Labute approximate surface area is 144 Å². The van der Waals surface area contributed by atoms with Crippen molar-refractivity contribution >= 4 is 22.8 Å². The van der Waals surface area contributed by atoms with Gasteiger partial charge in [-0.15, -0.1) is 0 Å². The number of amides is 1. The lowest BCUT2D eigenvalue weighted by molar-refractivity contribution is 0.101. The number of hydrogen-bond acceptors (Lipinski definition) is 4. The van der Waals surface area contributed by atoms with Crippen LogP contribution in [0.2, 0.25) is 0 Å². The third-order valence-electron chi connectivity index (χ3n) is 4.21. The van der Waals surface area contributed by atoms with E-state index < -0.39 is 0 Å². The van der Waals surface area contributed by atoms with E-state index in [4.69, 9.17) is 8.94 Å². The molecule has 0 aliphatic carbocycles. The van der Waals surface area contributed by atoms with Crippen LogP contribution in [0.25, 0.3) is 11.1 Å². The standard InChI is InChI=1S/C19H17N3O3/c1-12-5-3-4-6-14(12)11-22-15-7-8-24-17(15)10-16(22)19(23)20-18-9-13(2)25-21-18/h3-10H,11H2,1-2H3,(H,20,21,23). The molecule has 0 radical (unpaired) electrons. The number of carbonyl (C=O) groups is 1. The van der Waals surface area contributed by atoms with Crippen molar-refractivity contribution in [1.82, 2.24) is 9.72 Å². The number of nitrogens with zero attached hydrogens (tertiary/aromatic N) is 2. The molecule has 0 atom stereocenters. The molecule has 1 N–H and O–H groups in total. The van der Waals surface area contributed by atoms with E-state index in [0.717, 1.165) is 11.1 Å². The number of hydrogen-bond donors (Lipinski definition) is 1. The Kier molecular flexibility index (Phi) is 3.65. The molecule has 1 amide bonds. The molecule has 0 aliphatic heterocycles. The highest BCUT2D eigenvalue weighted by atomic mass is 16.5. The number of fused-ring (bicyclic) bond motifs is 1. The summed E-state index contributed by atoms with van der Waals surface area (Å²) in [6, 6.07) is 13.4. The molecule has 126 valence electrons. The van der Waals surface area contributed by atoms with Gasteiger partial charge in [-0.1, -0.05) is 29.4 Å². The molecule has 6 nitrogen and oxygen atoms in total. The van der Waals surface area contributed by atoms with Crippen LogP contribution in [-0.4, -0.2) is 15.6 Å². The van der Waals surface area contributed by atoms with Crippen molar-refractivity contribution in [3.05, 3.63) is 71.3 Å². The first-order chi connectivity index (χ1) is 12.1. The van der Waals surface area contributed by atoms with Crippen LogP contribution in [0.5, 0.6) is 0 Å². The fraction of sp³-hybridized carbons (Fsp3) is 0.158. The van der Waals surface area contributed by atoms with E-state index in [2.05, 4.69) is 29.5 Å². The molecule has 0 saturated carbocycles. The van der Waals surface area contributed by atoms with Crippen molar-refractivity contribution in [3.8, 4) is 0 Å². The zero-order valence-electron chi connectivity index (χ0n) is 13.9. The normalized spacial score (nSPS) is 11.1. The summed E-state index contributed by atoms with van der Waals surface area (Å²) >= 11 is 0. The number of carbonyl (C=O) groups excluding carboxylic acids is 1. The van der Waals surface area contributed by atoms with Crippen molar-refractivity contribution in [3.63, 3.8) is 0 Å². The van der Waals surface area contributed by atoms with Crippen LogP contribution in [-0.2, 0) is 6.54 Å². The smallest absolute Gasteiger partial charge is 0.273 e. The van der Waals surface area contributed by atoms with Crippen LogP contribution in [0, 0.1) is 13.8 Å². The highest BCUT2D eigenvalue weighted by Crippen LogP contribution is 2.24. The molecule has 25 heavy (non-hydrogen) atoms. The van der Waals surface area contributed by atoms with E-state index in [1.54, 1.807) is 25.3 Å². The van der Waals surface area contributed by atoms with Gasteiger partial charge in [-0.05, 0) is 25.0 Å². The molecule has 0 bridgehead atoms. The lowest BCUT2D eigenvalue weighted by atomic mass is 10.1. The molecule has 0 fully saturated rings. The van der Waals surface area contributed by atoms with Crippen LogP contribution in [0.4, 0.5) is 5.82 Å². The largest absolute Gasteiger partial charge is 0.463 e. The lowest BCUT2D eigenvalue weighted by Crippen LogP contribution is -2.18. The van der Waals surface area contributed by atoms with Crippen LogP contribution in [0.1, 0.15) is 27.4 Å². The Morgan fingerprint density at radius 2 is 2.04 bits per heavy atom. The number of rotatable bonds is 4. The number of aryl methyl sites for hydroxylation is 2. The topological polar surface area (TPSA) is 73.2 Å². The minimum absolute atomic E-state index is 0.256. The number of benzene rings is 1. The predicted octanol–water partition coefficient (Wildman–Crippen LogP) is 4.14. The van der Waals surface area contributed by atoms with Crippen molar-refractivity contribution < 1.29 is 13.7 Å². The second-order valence-corrected chi connectivity index (χ2v) is 5.99. The van der Waals surface area contributed by atoms with E-state index in [1.807, 2.05) is 22.8 Å². The second-order valence-electron chi connectivity index (χ2n) is 5.99. The molecule has 0 aliphatic rings. The molecular formula is C19H17N3O3. The van der Waals surface area contributed by atoms with Crippen LogP contribution < -0.4 is 5.32 Å². The van der Waals surface area contributed by atoms with Crippen molar-refractivity contribution in [1.29, 1.82) is 0 Å². The van der Waals surface area contributed by atoms with Gasteiger partial charge in [0.1, 0.15) is 11.5 Å². The van der Waals surface area contributed by atoms with Gasteiger partial charge in [-0.25, -0.2) is 0 Å². The van der Waals surface area contributed by atoms with Gasteiger partial charge in [0.2, 0.25) is 0 Å². The highest BCUT2D eigenvalue weighted by molar-refractivity contribution is 6.05. The lowest BCUT2D eigenvalue weighted by Gasteiger charge is -2.11. The first-order valence-corrected chi connectivity index (χ1v) is 7.98. The minimum Gasteiger partial charge on any atom is -0.463 e. The first-order valence-electron chi connectivity index (χ1n) is 7.98. The summed E-state index contributed by atoms with van der Waals surface area (Å²) < 4.78 is 12.4. The molecule has 0 saturated heterocycles. The molecule has 1 aromatic carbocycles. The Bertz CT molecular complexity index is 1050. The zero-order valence-corrected chi connectivity index (χ0v) is 13.9. The molecule has 0 spiro atoms. The van der Waals surface area contributed by atoms with Gasteiger partial charge in [0, 0.05) is 24.7 Å². The maximum absolute atomic E-state index is 12.7. The van der Waals surface area contributed by atoms with Crippen LogP contribution in [0.3, 0.4) is 0 Å². The summed E-state index contributed by atoms with van der Waals surface area (Å²) in [5.41, 5.74) is 4.39. The second kappa shape index (κ2) is 5.98. The van der Waals surface area contributed by atoms with Gasteiger partial charge < -0.3 is 18.8 Å². The van der Waals surface area contributed by atoms with Crippen LogP contribution in [0.15, 0.2) is 57.7 Å². The van der Waals surface area contributed by atoms with Crippen molar-refractivity contribution in [2.75, 3.05) is 5.32 Å². The summed E-state index contributed by atoms with van der Waals surface area (Å²) in [6.45, 7) is 4.41. The van der Waals surface area contributed by atoms with E-state index >= 15 is 0 Å². The van der Waals surface area contributed by atoms with Gasteiger partial charge in [-0.3, -0.25) is 4.79 Å². The fourth-order valence-corrected chi connectivity index (χ4v) is 2.90. The third-order valence-corrected chi connectivity index (χ3v) is 4.21. The van der Waals surface area contributed by atoms with E-state index in [9.17, 15) is 4.79 Å². The molecular weight excluding hydrogens is 318 g/mol. The number of aromatic nitrogens is 2. The highest BCUT2D eigenvalue weighted by Gasteiger charge is 2.19. The Balaban J connectivity index is 1.72. The van der Waals surface area contributed by atoms with Gasteiger partial charge in [0.15, 0.2) is 11.4 Å². The summed E-state index contributed by atoms with van der Waals surface area (Å²) in [5, 5.41) is 6.58. The molecule has 4 aromatic rings. The summed E-state index contributed by atoms with van der Waals surface area (Å²) in [6.07, 6.45) is 1.63. The summed E-state index contributed by atoms with van der Waals surface area (Å²) in [4.78, 5) is 12.7. The van der Waals surface area contributed by atoms with Crippen molar-refractivity contribution in [2.45, 2.75) is 20.4 Å². The molecule has 6 heteroatoms. The Hall–Kier alpha value is -3.28. The molecule has 0 unspecified atom stereocenters.